The molecule has 1 aliphatic carbocycles. The molecule has 2 N–H and O–H groups in total. The highest BCUT2D eigenvalue weighted by molar-refractivity contribution is 7.99. The summed E-state index contributed by atoms with van der Waals surface area (Å²) in [6.07, 6.45) is 7.15. The molecular formula is C14H25NO2S. The molecule has 2 saturated heterocycles. The zero-order chi connectivity index (χ0) is 12.5. The minimum Gasteiger partial charge on any atom is -0.396 e. The lowest BCUT2D eigenvalue weighted by molar-refractivity contribution is -0.0706. The Labute approximate surface area is 114 Å². The first-order chi connectivity index (χ1) is 8.76. The molecule has 104 valence electrons. The van der Waals surface area contributed by atoms with Crippen LogP contribution in [-0.2, 0) is 4.74 Å². The maximum absolute atomic E-state index is 9.10. The summed E-state index contributed by atoms with van der Waals surface area (Å²) in [6.45, 7) is 2.36. The summed E-state index contributed by atoms with van der Waals surface area (Å²) in [7, 11) is 0. The zero-order valence-corrected chi connectivity index (χ0v) is 11.9. The van der Waals surface area contributed by atoms with Crippen LogP contribution in [0.3, 0.4) is 0 Å². The van der Waals surface area contributed by atoms with Gasteiger partial charge in [-0.15, -0.1) is 0 Å². The average molecular weight is 271 g/mol. The van der Waals surface area contributed by atoms with E-state index < -0.39 is 0 Å². The molecule has 1 spiro atoms. The Balaban J connectivity index is 1.48. The van der Waals surface area contributed by atoms with E-state index in [2.05, 4.69) is 5.32 Å². The minimum absolute atomic E-state index is 0.189. The van der Waals surface area contributed by atoms with E-state index in [1.54, 1.807) is 0 Å². The first kappa shape index (κ1) is 13.2. The first-order valence-electron chi connectivity index (χ1n) is 7.32. The molecular weight excluding hydrogens is 246 g/mol. The van der Waals surface area contributed by atoms with Crippen LogP contribution >= 0.6 is 11.8 Å². The molecule has 3 nitrogen and oxygen atoms in total. The topological polar surface area (TPSA) is 41.5 Å². The lowest BCUT2D eigenvalue weighted by Gasteiger charge is -2.38. The molecule has 1 saturated carbocycles. The van der Waals surface area contributed by atoms with Crippen LogP contribution in [0.25, 0.3) is 0 Å². The lowest BCUT2D eigenvalue weighted by Crippen LogP contribution is -2.48. The Hall–Kier alpha value is 0.230. The third-order valence-electron chi connectivity index (χ3n) is 4.93. The van der Waals surface area contributed by atoms with Gasteiger partial charge in [0.1, 0.15) is 0 Å². The Kier molecular flexibility index (Phi) is 3.90. The standard InChI is InChI=1S/C14H25NO2S/c16-6-4-13(2-3-13)10-15-12-1-7-17-14(9-12)5-8-18-11-14/h12,15-16H,1-11H2. The van der Waals surface area contributed by atoms with Gasteiger partial charge < -0.3 is 15.2 Å². The van der Waals surface area contributed by atoms with E-state index in [4.69, 9.17) is 9.84 Å². The molecule has 2 heterocycles. The van der Waals surface area contributed by atoms with Gasteiger partial charge in [-0.3, -0.25) is 0 Å². The fraction of sp³-hybridized carbons (Fsp3) is 1.00. The zero-order valence-electron chi connectivity index (χ0n) is 11.1. The second kappa shape index (κ2) is 5.31. The van der Waals surface area contributed by atoms with Crippen LogP contribution in [-0.4, -0.2) is 48.0 Å². The molecule has 4 heteroatoms. The quantitative estimate of drug-likeness (QED) is 0.800. The normalized spacial score (nSPS) is 38.2. The van der Waals surface area contributed by atoms with Crippen molar-refractivity contribution in [2.75, 3.05) is 31.3 Å². The number of thioether (sulfide) groups is 1. The second-order valence-corrected chi connectivity index (χ2v) is 7.48. The minimum atomic E-state index is 0.189. The molecule has 0 aromatic heterocycles. The van der Waals surface area contributed by atoms with Crippen molar-refractivity contribution < 1.29 is 9.84 Å². The highest BCUT2D eigenvalue weighted by Gasteiger charge is 2.44. The van der Waals surface area contributed by atoms with Crippen LogP contribution in [0.15, 0.2) is 0 Å². The van der Waals surface area contributed by atoms with Crippen LogP contribution < -0.4 is 5.32 Å². The van der Waals surface area contributed by atoms with E-state index in [1.165, 1.54) is 37.2 Å². The van der Waals surface area contributed by atoms with Crippen molar-refractivity contribution in [3.05, 3.63) is 0 Å². The van der Waals surface area contributed by atoms with Crippen LogP contribution in [0.1, 0.15) is 38.5 Å². The number of rotatable bonds is 5. The Morgan fingerprint density at radius 3 is 2.89 bits per heavy atom. The average Bonchev–Trinajstić information content (AvgIpc) is 3.01. The highest BCUT2D eigenvalue weighted by atomic mass is 32.2. The number of aliphatic hydroxyl groups is 1. The Morgan fingerprint density at radius 1 is 1.33 bits per heavy atom. The third kappa shape index (κ3) is 2.87. The Bertz CT molecular complexity index is 288. The molecule has 2 atom stereocenters. The fourth-order valence-corrected chi connectivity index (χ4v) is 4.73. The summed E-state index contributed by atoms with van der Waals surface area (Å²) in [6, 6.07) is 0.633. The van der Waals surface area contributed by atoms with Crippen molar-refractivity contribution in [3.8, 4) is 0 Å². The van der Waals surface area contributed by atoms with Crippen LogP contribution in [0, 0.1) is 5.41 Å². The van der Waals surface area contributed by atoms with Gasteiger partial charge in [0.25, 0.3) is 0 Å². The summed E-state index contributed by atoms with van der Waals surface area (Å²) in [4.78, 5) is 0. The molecule has 3 rings (SSSR count). The van der Waals surface area contributed by atoms with Crippen molar-refractivity contribution in [1.82, 2.24) is 5.32 Å². The molecule has 2 aliphatic heterocycles. The molecule has 0 amide bonds. The largest absolute Gasteiger partial charge is 0.396 e. The molecule has 0 aromatic rings. The van der Waals surface area contributed by atoms with Crippen LogP contribution in [0.4, 0.5) is 0 Å². The van der Waals surface area contributed by atoms with Gasteiger partial charge in [0.15, 0.2) is 0 Å². The predicted molar refractivity (Wildman–Crippen MR) is 75.0 cm³/mol. The maximum Gasteiger partial charge on any atom is 0.0795 e. The third-order valence-corrected chi connectivity index (χ3v) is 6.15. The maximum atomic E-state index is 9.10. The summed E-state index contributed by atoms with van der Waals surface area (Å²) in [5.41, 5.74) is 0.624. The Morgan fingerprint density at radius 2 is 2.22 bits per heavy atom. The van der Waals surface area contributed by atoms with Crippen LogP contribution in [0.5, 0.6) is 0 Å². The second-order valence-electron chi connectivity index (χ2n) is 6.38. The van der Waals surface area contributed by atoms with E-state index >= 15 is 0 Å². The first-order valence-corrected chi connectivity index (χ1v) is 8.47. The number of hydrogen-bond acceptors (Lipinski definition) is 4. The van der Waals surface area contributed by atoms with Gasteiger partial charge in [-0.05, 0) is 49.7 Å². The molecule has 3 fully saturated rings. The highest BCUT2D eigenvalue weighted by Crippen LogP contribution is 2.48. The number of aliphatic hydroxyl groups excluding tert-OH is 1. The monoisotopic (exact) mass is 271 g/mol. The molecule has 2 unspecified atom stereocenters. The molecule has 0 radical (unpaired) electrons. The van der Waals surface area contributed by atoms with Crippen molar-refractivity contribution in [2.24, 2.45) is 5.41 Å². The summed E-state index contributed by atoms with van der Waals surface area (Å²) < 4.78 is 6.05. The number of nitrogens with one attached hydrogen (secondary N) is 1. The van der Waals surface area contributed by atoms with Gasteiger partial charge in [0.2, 0.25) is 0 Å². The number of ether oxygens (including phenoxy) is 1. The summed E-state index contributed by atoms with van der Waals surface area (Å²) in [5.74, 6) is 2.45. The van der Waals surface area contributed by atoms with E-state index in [1.807, 2.05) is 11.8 Å². The van der Waals surface area contributed by atoms with Gasteiger partial charge in [0.05, 0.1) is 5.60 Å². The van der Waals surface area contributed by atoms with Gasteiger partial charge in [-0.2, -0.15) is 11.8 Å². The molecule has 0 bridgehead atoms. The SMILES string of the molecule is OCCC1(CNC2CCOC3(CCSC3)C2)CC1. The van der Waals surface area contributed by atoms with Crippen molar-refractivity contribution in [3.63, 3.8) is 0 Å². The summed E-state index contributed by atoms with van der Waals surface area (Å²) >= 11 is 2.04. The van der Waals surface area contributed by atoms with Crippen molar-refractivity contribution in [1.29, 1.82) is 0 Å². The summed E-state index contributed by atoms with van der Waals surface area (Å²) in [5, 5.41) is 12.9. The van der Waals surface area contributed by atoms with Crippen molar-refractivity contribution in [2.45, 2.75) is 50.2 Å². The molecule has 3 aliphatic rings. The molecule has 18 heavy (non-hydrogen) atoms. The lowest BCUT2D eigenvalue weighted by atomic mass is 9.89. The van der Waals surface area contributed by atoms with Crippen LogP contribution in [0.2, 0.25) is 0 Å². The smallest absolute Gasteiger partial charge is 0.0795 e. The van der Waals surface area contributed by atoms with Gasteiger partial charge in [-0.1, -0.05) is 0 Å². The van der Waals surface area contributed by atoms with E-state index in [0.29, 0.717) is 18.1 Å². The number of hydrogen-bond donors (Lipinski definition) is 2. The van der Waals surface area contributed by atoms with Gasteiger partial charge >= 0.3 is 0 Å². The van der Waals surface area contributed by atoms with Gasteiger partial charge in [0, 0.05) is 31.6 Å². The molecule has 0 aromatic carbocycles. The fourth-order valence-electron chi connectivity index (χ4n) is 3.36. The van der Waals surface area contributed by atoms with E-state index in [9.17, 15) is 0 Å². The predicted octanol–water partition coefficient (Wildman–Crippen LogP) is 1.79. The van der Waals surface area contributed by atoms with E-state index in [-0.39, 0.29) is 5.60 Å². The van der Waals surface area contributed by atoms with E-state index in [0.717, 1.165) is 26.0 Å². The van der Waals surface area contributed by atoms with Crippen molar-refractivity contribution >= 4 is 11.8 Å². The van der Waals surface area contributed by atoms with Gasteiger partial charge in [-0.25, -0.2) is 0 Å².